The number of amides is 2. The Kier molecular flexibility index (Phi) is 8.38. The number of primary amides is 2. The van der Waals surface area contributed by atoms with Crippen LogP contribution in [0.1, 0.15) is 30.6 Å². The number of methoxy groups -OCH3 is 1. The molecule has 7 N–H and O–H groups in total. The summed E-state index contributed by atoms with van der Waals surface area (Å²) in [5.41, 5.74) is 10.2. The number of carbonyl (C=O) groups excluding carboxylic acids is 2. The van der Waals surface area contributed by atoms with Gasteiger partial charge in [-0.15, -0.1) is 0 Å². The molecule has 11 heteroatoms. The van der Waals surface area contributed by atoms with Gasteiger partial charge < -0.3 is 31.6 Å². The molecule has 0 saturated carbocycles. The van der Waals surface area contributed by atoms with Crippen molar-refractivity contribution in [2.45, 2.75) is 26.3 Å². The van der Waals surface area contributed by atoms with E-state index in [2.05, 4.69) is 20.6 Å². The molecule has 2 amide bonds. The van der Waals surface area contributed by atoms with E-state index in [-0.39, 0.29) is 23.2 Å². The van der Waals surface area contributed by atoms with Crippen LogP contribution >= 0.6 is 0 Å². The second-order valence-corrected chi connectivity index (χ2v) is 7.22. The first-order valence-corrected chi connectivity index (χ1v) is 9.70. The Bertz CT molecular complexity index is 958. The molecule has 168 valence electrons. The molecule has 0 aliphatic heterocycles. The Hall–Kier alpha value is -3.60. The minimum atomic E-state index is -0.948. The Balaban J connectivity index is 2.29. The topological polar surface area (TPSA) is 174 Å². The van der Waals surface area contributed by atoms with E-state index in [0.29, 0.717) is 31.1 Å². The molecule has 0 radical (unpaired) electrons. The molecule has 2 rings (SSSR count). The summed E-state index contributed by atoms with van der Waals surface area (Å²) in [4.78, 5) is 42.6. The highest BCUT2D eigenvalue weighted by Crippen LogP contribution is 2.21. The standard InChI is InChI=1S/C20H28N6O5/c1-11(2)10-14(16(21)27)24-20-25-18(15(17(22)28)19(29)26-20)23-12-4-6-13(7-5-12)31-9-8-30-3/h4-7,11,14H,8-10H2,1-3H3,(H2,21,27)(H2,22,28)(H3,23,24,25,26,29)/t14-/m1/s1. The number of nitrogens with two attached hydrogens (primary N) is 2. The van der Waals surface area contributed by atoms with Gasteiger partial charge in [-0.3, -0.25) is 19.4 Å². The zero-order valence-electron chi connectivity index (χ0n) is 17.7. The van der Waals surface area contributed by atoms with Crippen molar-refractivity contribution in [3.63, 3.8) is 0 Å². The third kappa shape index (κ3) is 7.00. The molecule has 0 aliphatic rings. The zero-order valence-corrected chi connectivity index (χ0v) is 17.7. The number of anilines is 3. The van der Waals surface area contributed by atoms with Gasteiger partial charge in [-0.25, -0.2) is 0 Å². The molecule has 0 fully saturated rings. The van der Waals surface area contributed by atoms with Crippen molar-refractivity contribution in [3.8, 4) is 5.75 Å². The van der Waals surface area contributed by atoms with Gasteiger partial charge in [-0.1, -0.05) is 13.8 Å². The van der Waals surface area contributed by atoms with E-state index in [0.717, 1.165) is 0 Å². The van der Waals surface area contributed by atoms with Crippen molar-refractivity contribution in [1.82, 2.24) is 9.97 Å². The van der Waals surface area contributed by atoms with E-state index in [4.69, 9.17) is 20.9 Å². The summed E-state index contributed by atoms with van der Waals surface area (Å²) in [6.45, 7) is 4.72. The lowest BCUT2D eigenvalue weighted by Crippen LogP contribution is -2.38. The number of nitrogens with zero attached hydrogens (tertiary/aromatic N) is 1. The predicted molar refractivity (Wildman–Crippen MR) is 117 cm³/mol. The van der Waals surface area contributed by atoms with E-state index < -0.39 is 23.4 Å². The number of ether oxygens (including phenoxy) is 2. The molecular weight excluding hydrogens is 404 g/mol. The van der Waals surface area contributed by atoms with Gasteiger partial charge in [0.25, 0.3) is 11.5 Å². The van der Waals surface area contributed by atoms with Crippen molar-refractivity contribution in [2.24, 2.45) is 17.4 Å². The maximum atomic E-state index is 12.4. The van der Waals surface area contributed by atoms with Gasteiger partial charge >= 0.3 is 0 Å². The van der Waals surface area contributed by atoms with Gasteiger partial charge in [0.05, 0.1) is 6.61 Å². The third-order valence-corrected chi connectivity index (χ3v) is 4.20. The molecule has 0 aliphatic carbocycles. The maximum absolute atomic E-state index is 12.4. The highest BCUT2D eigenvalue weighted by Gasteiger charge is 2.21. The maximum Gasteiger partial charge on any atom is 0.267 e. The molecule has 1 aromatic carbocycles. The van der Waals surface area contributed by atoms with Gasteiger partial charge in [0.1, 0.15) is 24.0 Å². The summed E-state index contributed by atoms with van der Waals surface area (Å²) < 4.78 is 10.4. The average molecular weight is 432 g/mol. The van der Waals surface area contributed by atoms with Crippen LogP contribution in [0, 0.1) is 5.92 Å². The molecule has 31 heavy (non-hydrogen) atoms. The molecule has 2 aromatic rings. The van der Waals surface area contributed by atoms with Gasteiger partial charge in [0.2, 0.25) is 11.9 Å². The van der Waals surface area contributed by atoms with E-state index in [1.165, 1.54) is 0 Å². The fourth-order valence-electron chi connectivity index (χ4n) is 2.76. The lowest BCUT2D eigenvalue weighted by Gasteiger charge is -2.18. The van der Waals surface area contributed by atoms with Crippen molar-refractivity contribution in [1.29, 1.82) is 0 Å². The zero-order chi connectivity index (χ0) is 23.0. The number of H-pyrrole nitrogens is 1. The number of hydrogen-bond donors (Lipinski definition) is 5. The van der Waals surface area contributed by atoms with Gasteiger partial charge in [0.15, 0.2) is 5.82 Å². The van der Waals surface area contributed by atoms with Crippen LogP contribution in [-0.4, -0.2) is 48.1 Å². The lowest BCUT2D eigenvalue weighted by atomic mass is 10.0. The van der Waals surface area contributed by atoms with Crippen LogP contribution in [0.2, 0.25) is 0 Å². The van der Waals surface area contributed by atoms with Gasteiger partial charge in [-0.05, 0) is 36.6 Å². The monoisotopic (exact) mass is 432 g/mol. The molecule has 0 saturated heterocycles. The first kappa shape index (κ1) is 23.7. The molecular formula is C20H28N6O5. The Labute approximate surface area is 179 Å². The van der Waals surface area contributed by atoms with Crippen LogP contribution in [-0.2, 0) is 9.53 Å². The predicted octanol–water partition coefficient (Wildman–Crippen LogP) is 0.950. The smallest absolute Gasteiger partial charge is 0.267 e. The number of hydrogen-bond acceptors (Lipinski definition) is 8. The quantitative estimate of drug-likeness (QED) is 0.308. The van der Waals surface area contributed by atoms with Crippen LogP contribution < -0.4 is 32.4 Å². The molecule has 1 heterocycles. The molecule has 1 atom stereocenters. The molecule has 0 bridgehead atoms. The summed E-state index contributed by atoms with van der Waals surface area (Å²) in [5, 5.41) is 5.72. The highest BCUT2D eigenvalue weighted by atomic mass is 16.5. The van der Waals surface area contributed by atoms with Crippen molar-refractivity contribution >= 4 is 29.3 Å². The summed E-state index contributed by atoms with van der Waals surface area (Å²) in [7, 11) is 1.58. The van der Waals surface area contributed by atoms with Crippen LogP contribution in [0.25, 0.3) is 0 Å². The Morgan fingerprint density at radius 1 is 1.16 bits per heavy atom. The fraction of sp³-hybridized carbons (Fsp3) is 0.400. The summed E-state index contributed by atoms with van der Waals surface area (Å²) in [6, 6.07) is 6.04. The first-order chi connectivity index (χ1) is 14.7. The van der Waals surface area contributed by atoms with Crippen LogP contribution in [0.15, 0.2) is 29.1 Å². The van der Waals surface area contributed by atoms with E-state index >= 15 is 0 Å². The number of benzene rings is 1. The van der Waals surface area contributed by atoms with E-state index in [9.17, 15) is 14.4 Å². The minimum Gasteiger partial charge on any atom is -0.491 e. The normalized spacial score (nSPS) is 11.7. The van der Waals surface area contributed by atoms with Crippen LogP contribution in [0.4, 0.5) is 17.5 Å². The summed E-state index contributed by atoms with van der Waals surface area (Å²) in [5.74, 6) is -0.813. The second kappa shape index (κ2) is 11.0. The number of rotatable bonds is 12. The molecule has 1 aromatic heterocycles. The Morgan fingerprint density at radius 3 is 2.39 bits per heavy atom. The average Bonchev–Trinajstić information content (AvgIpc) is 2.68. The first-order valence-electron chi connectivity index (χ1n) is 9.70. The van der Waals surface area contributed by atoms with Crippen LogP contribution in [0.3, 0.4) is 0 Å². The summed E-state index contributed by atoms with van der Waals surface area (Å²) >= 11 is 0. The molecule has 0 spiro atoms. The van der Waals surface area contributed by atoms with Crippen molar-refractivity contribution < 1.29 is 19.1 Å². The lowest BCUT2D eigenvalue weighted by molar-refractivity contribution is -0.119. The van der Waals surface area contributed by atoms with Gasteiger partial charge in [-0.2, -0.15) is 4.98 Å². The number of carbonyl (C=O) groups is 2. The molecule has 11 nitrogen and oxygen atoms in total. The second-order valence-electron chi connectivity index (χ2n) is 7.22. The number of aromatic amines is 1. The fourth-order valence-corrected chi connectivity index (χ4v) is 2.76. The SMILES string of the molecule is COCCOc1ccc(Nc2nc(N[C@H](CC(C)C)C(N)=O)[nH]c(=O)c2C(N)=O)cc1. The van der Waals surface area contributed by atoms with Crippen LogP contribution in [0.5, 0.6) is 5.75 Å². The van der Waals surface area contributed by atoms with Gasteiger partial charge in [0, 0.05) is 12.8 Å². The molecule has 0 unspecified atom stereocenters. The van der Waals surface area contributed by atoms with E-state index in [1.54, 1.807) is 31.4 Å². The number of nitrogens with one attached hydrogen (secondary N) is 3. The number of aromatic nitrogens is 2. The third-order valence-electron chi connectivity index (χ3n) is 4.20. The van der Waals surface area contributed by atoms with Crippen molar-refractivity contribution in [2.75, 3.05) is 31.0 Å². The van der Waals surface area contributed by atoms with Crippen molar-refractivity contribution in [3.05, 3.63) is 40.2 Å². The summed E-state index contributed by atoms with van der Waals surface area (Å²) in [6.07, 6.45) is 0.434. The largest absolute Gasteiger partial charge is 0.491 e. The van der Waals surface area contributed by atoms with E-state index in [1.807, 2.05) is 13.8 Å². The Morgan fingerprint density at radius 2 is 1.84 bits per heavy atom. The highest BCUT2D eigenvalue weighted by molar-refractivity contribution is 5.98. The minimum absolute atomic E-state index is 0.0125.